The van der Waals surface area contributed by atoms with E-state index in [9.17, 15) is 5.11 Å². The van der Waals surface area contributed by atoms with Gasteiger partial charge in [-0.2, -0.15) is 5.10 Å². The molecule has 0 saturated carbocycles. The summed E-state index contributed by atoms with van der Waals surface area (Å²) < 4.78 is 1.71. The van der Waals surface area contributed by atoms with Gasteiger partial charge in [0.15, 0.2) is 0 Å². The van der Waals surface area contributed by atoms with Crippen LogP contribution in [-0.4, -0.2) is 58.6 Å². The number of nitrogens with one attached hydrogen (secondary N) is 1. The van der Waals surface area contributed by atoms with Crippen molar-refractivity contribution in [2.45, 2.75) is 19.6 Å². The number of rotatable bonds is 4. The quantitative estimate of drug-likeness (QED) is 0.805. The molecule has 0 amide bonds. The first-order valence-corrected chi connectivity index (χ1v) is 6.33. The highest BCUT2D eigenvalue weighted by molar-refractivity contribution is 6.31. The molecule has 2 heterocycles. The summed E-state index contributed by atoms with van der Waals surface area (Å²) in [6.45, 7) is 7.04. The van der Waals surface area contributed by atoms with Gasteiger partial charge in [0.05, 0.1) is 23.4 Å². The summed E-state index contributed by atoms with van der Waals surface area (Å²) in [7, 11) is 0. The maximum atomic E-state index is 9.99. The zero-order chi connectivity index (χ0) is 12.3. The summed E-state index contributed by atoms with van der Waals surface area (Å²) in [4.78, 5) is 2.26. The number of halogens is 1. The van der Waals surface area contributed by atoms with Crippen molar-refractivity contribution in [2.75, 3.05) is 32.7 Å². The third-order valence-corrected chi connectivity index (χ3v) is 3.33. The van der Waals surface area contributed by atoms with Gasteiger partial charge in [-0.25, -0.2) is 0 Å². The Morgan fingerprint density at radius 2 is 2.18 bits per heavy atom. The first kappa shape index (κ1) is 12.8. The molecular formula is C11H19ClN4O. The minimum atomic E-state index is -0.400. The van der Waals surface area contributed by atoms with E-state index in [4.69, 9.17) is 11.6 Å². The normalized spacial score (nSPS) is 19.5. The predicted molar refractivity (Wildman–Crippen MR) is 67.3 cm³/mol. The third-order valence-electron chi connectivity index (χ3n) is 2.96. The Bertz CT molecular complexity index is 343. The summed E-state index contributed by atoms with van der Waals surface area (Å²) >= 11 is 5.92. The molecule has 5 nitrogen and oxygen atoms in total. The Morgan fingerprint density at radius 3 is 2.76 bits per heavy atom. The molecule has 1 saturated heterocycles. The van der Waals surface area contributed by atoms with Crippen LogP contribution in [0.4, 0.5) is 0 Å². The van der Waals surface area contributed by atoms with E-state index < -0.39 is 6.10 Å². The second-order valence-corrected chi connectivity index (χ2v) is 4.90. The van der Waals surface area contributed by atoms with Crippen LogP contribution in [0.1, 0.15) is 5.69 Å². The molecule has 1 fully saturated rings. The maximum Gasteiger partial charge on any atom is 0.0862 e. The highest BCUT2D eigenvalue weighted by Crippen LogP contribution is 2.12. The molecule has 1 aliphatic rings. The summed E-state index contributed by atoms with van der Waals surface area (Å²) in [6, 6.07) is 0. The van der Waals surface area contributed by atoms with Gasteiger partial charge in [0, 0.05) is 38.9 Å². The van der Waals surface area contributed by atoms with Crippen LogP contribution in [0.15, 0.2) is 6.20 Å². The molecule has 2 rings (SSSR count). The fraction of sp³-hybridized carbons (Fsp3) is 0.727. The Labute approximate surface area is 106 Å². The summed E-state index contributed by atoms with van der Waals surface area (Å²) in [5, 5.41) is 18.2. The minimum Gasteiger partial charge on any atom is -0.390 e. The molecule has 1 aliphatic heterocycles. The van der Waals surface area contributed by atoms with Gasteiger partial charge in [-0.3, -0.25) is 9.58 Å². The molecule has 0 aromatic carbocycles. The number of aromatic nitrogens is 2. The van der Waals surface area contributed by atoms with Crippen LogP contribution in [0, 0.1) is 6.92 Å². The molecule has 1 aromatic rings. The molecule has 1 aromatic heterocycles. The van der Waals surface area contributed by atoms with Crippen LogP contribution in [0.5, 0.6) is 0 Å². The lowest BCUT2D eigenvalue weighted by Crippen LogP contribution is -2.46. The average molecular weight is 259 g/mol. The van der Waals surface area contributed by atoms with Gasteiger partial charge in [0.1, 0.15) is 0 Å². The predicted octanol–water partition coefficient (Wildman–Crippen LogP) is 0.111. The highest BCUT2D eigenvalue weighted by atomic mass is 35.5. The van der Waals surface area contributed by atoms with Crippen LogP contribution in [-0.2, 0) is 6.54 Å². The van der Waals surface area contributed by atoms with Crippen molar-refractivity contribution >= 4 is 11.6 Å². The van der Waals surface area contributed by atoms with Crippen molar-refractivity contribution < 1.29 is 5.11 Å². The number of β-amino-alcohol motifs (C(OH)–C–C–N with tert-alkyl or cyclic N) is 1. The van der Waals surface area contributed by atoms with E-state index in [2.05, 4.69) is 15.3 Å². The summed E-state index contributed by atoms with van der Waals surface area (Å²) in [6.07, 6.45) is 1.36. The van der Waals surface area contributed by atoms with Crippen molar-refractivity contribution in [1.82, 2.24) is 20.0 Å². The number of hydrogen-bond acceptors (Lipinski definition) is 4. The lowest BCUT2D eigenvalue weighted by atomic mass is 10.3. The third kappa shape index (κ3) is 3.67. The number of aliphatic hydroxyl groups is 1. The smallest absolute Gasteiger partial charge is 0.0862 e. The van der Waals surface area contributed by atoms with Gasteiger partial charge in [0.25, 0.3) is 0 Å². The van der Waals surface area contributed by atoms with Gasteiger partial charge >= 0.3 is 0 Å². The topological polar surface area (TPSA) is 53.3 Å². The zero-order valence-electron chi connectivity index (χ0n) is 10.1. The summed E-state index contributed by atoms with van der Waals surface area (Å²) in [5.41, 5.74) is 0.807. The van der Waals surface area contributed by atoms with E-state index in [-0.39, 0.29) is 0 Å². The second kappa shape index (κ2) is 5.82. The van der Waals surface area contributed by atoms with Crippen LogP contribution < -0.4 is 5.32 Å². The number of hydrogen-bond donors (Lipinski definition) is 2. The number of aryl methyl sites for hydroxylation is 1. The lowest BCUT2D eigenvalue weighted by Gasteiger charge is -2.29. The number of nitrogens with zero attached hydrogens (tertiary/aromatic N) is 3. The molecule has 6 heteroatoms. The standard InChI is InChI=1S/C11H19ClN4O/c1-9-11(12)8-16(14-9)7-10(17)6-15-4-2-13-3-5-15/h8,10,13,17H,2-7H2,1H3. The Morgan fingerprint density at radius 1 is 1.47 bits per heavy atom. The molecule has 0 bridgehead atoms. The van der Waals surface area contributed by atoms with Gasteiger partial charge in [0.2, 0.25) is 0 Å². The monoisotopic (exact) mass is 258 g/mol. The SMILES string of the molecule is Cc1nn(CC(O)CN2CCNCC2)cc1Cl. The van der Waals surface area contributed by atoms with Crippen molar-refractivity contribution in [3.63, 3.8) is 0 Å². The molecule has 0 radical (unpaired) electrons. The van der Waals surface area contributed by atoms with Crippen LogP contribution in [0.3, 0.4) is 0 Å². The van der Waals surface area contributed by atoms with E-state index in [1.54, 1.807) is 10.9 Å². The second-order valence-electron chi connectivity index (χ2n) is 4.49. The molecular weight excluding hydrogens is 240 g/mol. The van der Waals surface area contributed by atoms with Crippen molar-refractivity contribution in [3.8, 4) is 0 Å². The van der Waals surface area contributed by atoms with E-state index in [0.29, 0.717) is 18.1 Å². The molecule has 1 unspecified atom stereocenters. The van der Waals surface area contributed by atoms with Crippen molar-refractivity contribution in [1.29, 1.82) is 0 Å². The van der Waals surface area contributed by atoms with Crippen LogP contribution >= 0.6 is 11.6 Å². The van der Waals surface area contributed by atoms with Crippen molar-refractivity contribution in [3.05, 3.63) is 16.9 Å². The highest BCUT2D eigenvalue weighted by Gasteiger charge is 2.15. The first-order valence-electron chi connectivity index (χ1n) is 5.96. The van der Waals surface area contributed by atoms with Gasteiger partial charge in [-0.05, 0) is 6.92 Å². The lowest BCUT2D eigenvalue weighted by molar-refractivity contribution is 0.0889. The van der Waals surface area contributed by atoms with Gasteiger partial charge in [-0.15, -0.1) is 0 Å². The molecule has 0 spiro atoms. The van der Waals surface area contributed by atoms with Gasteiger partial charge in [-0.1, -0.05) is 11.6 Å². The maximum absolute atomic E-state index is 9.99. The number of aliphatic hydroxyl groups excluding tert-OH is 1. The van der Waals surface area contributed by atoms with Crippen LogP contribution in [0.25, 0.3) is 0 Å². The molecule has 17 heavy (non-hydrogen) atoms. The number of piperazine rings is 1. The van der Waals surface area contributed by atoms with E-state index >= 15 is 0 Å². The van der Waals surface area contributed by atoms with E-state index in [0.717, 1.165) is 31.9 Å². The zero-order valence-corrected chi connectivity index (χ0v) is 10.8. The fourth-order valence-corrected chi connectivity index (χ4v) is 2.20. The largest absolute Gasteiger partial charge is 0.390 e. The Hall–Kier alpha value is -0.620. The minimum absolute atomic E-state index is 0.400. The fourth-order valence-electron chi connectivity index (χ4n) is 2.05. The van der Waals surface area contributed by atoms with Crippen LogP contribution in [0.2, 0.25) is 5.02 Å². The molecule has 1 atom stereocenters. The molecule has 0 aliphatic carbocycles. The van der Waals surface area contributed by atoms with Gasteiger partial charge < -0.3 is 10.4 Å². The first-order chi connectivity index (χ1) is 8.15. The van der Waals surface area contributed by atoms with E-state index in [1.165, 1.54) is 0 Å². The molecule has 2 N–H and O–H groups in total. The summed E-state index contributed by atoms with van der Waals surface area (Å²) in [5.74, 6) is 0. The Kier molecular flexibility index (Phi) is 4.39. The van der Waals surface area contributed by atoms with E-state index in [1.807, 2.05) is 6.92 Å². The Balaban J connectivity index is 1.81. The molecule has 96 valence electrons. The van der Waals surface area contributed by atoms with Crippen molar-refractivity contribution in [2.24, 2.45) is 0 Å². The average Bonchev–Trinajstić information content (AvgIpc) is 2.59.